The zero-order valence-electron chi connectivity index (χ0n) is 7.95. The summed E-state index contributed by atoms with van der Waals surface area (Å²) < 4.78 is 4.72. The first kappa shape index (κ1) is 9.00. The normalized spacial score (nSPS) is 43.2. The molecule has 74 valence electrons. The molecule has 2 fully saturated rings. The molecule has 0 radical (unpaired) electrons. The van der Waals surface area contributed by atoms with Crippen LogP contribution in [0.4, 0.5) is 0 Å². The second-order valence-corrected chi connectivity index (χ2v) is 4.39. The lowest BCUT2D eigenvalue weighted by Gasteiger charge is -2.26. The molecule has 0 aliphatic heterocycles. The molecule has 0 aromatic carbocycles. The van der Waals surface area contributed by atoms with Gasteiger partial charge in [-0.2, -0.15) is 0 Å². The molecule has 3 unspecified atom stereocenters. The summed E-state index contributed by atoms with van der Waals surface area (Å²) in [7, 11) is 1.44. The molecule has 2 aliphatic carbocycles. The Morgan fingerprint density at radius 1 is 1.54 bits per heavy atom. The van der Waals surface area contributed by atoms with Gasteiger partial charge in [-0.15, -0.1) is 0 Å². The van der Waals surface area contributed by atoms with Crippen molar-refractivity contribution < 1.29 is 14.6 Å². The van der Waals surface area contributed by atoms with E-state index in [0.29, 0.717) is 0 Å². The molecule has 0 bridgehead atoms. The molecule has 3 heteroatoms. The largest absolute Gasteiger partial charge is 0.469 e. The third-order valence-corrected chi connectivity index (χ3v) is 3.53. The van der Waals surface area contributed by atoms with E-state index < -0.39 is 0 Å². The van der Waals surface area contributed by atoms with Gasteiger partial charge in [-0.3, -0.25) is 4.79 Å². The number of ether oxygens (including phenoxy) is 1. The maximum Gasteiger partial charge on any atom is 0.309 e. The van der Waals surface area contributed by atoms with Crippen molar-refractivity contribution in [3.8, 4) is 0 Å². The van der Waals surface area contributed by atoms with Gasteiger partial charge >= 0.3 is 5.97 Å². The van der Waals surface area contributed by atoms with Crippen molar-refractivity contribution in [2.24, 2.45) is 11.3 Å². The van der Waals surface area contributed by atoms with Crippen LogP contribution in [0.15, 0.2) is 0 Å². The Morgan fingerprint density at radius 2 is 2.31 bits per heavy atom. The summed E-state index contributed by atoms with van der Waals surface area (Å²) >= 11 is 0. The van der Waals surface area contributed by atoms with Crippen LogP contribution in [0, 0.1) is 11.3 Å². The second-order valence-electron chi connectivity index (χ2n) is 4.39. The monoisotopic (exact) mass is 184 g/mol. The van der Waals surface area contributed by atoms with Crippen LogP contribution in [-0.4, -0.2) is 24.3 Å². The van der Waals surface area contributed by atoms with E-state index >= 15 is 0 Å². The van der Waals surface area contributed by atoms with Crippen LogP contribution in [0.5, 0.6) is 0 Å². The lowest BCUT2D eigenvalue weighted by Crippen LogP contribution is -2.24. The first-order chi connectivity index (χ1) is 6.18. The number of carbonyl (C=O) groups is 1. The summed E-state index contributed by atoms with van der Waals surface area (Å²) in [5.74, 6) is -0.0125. The van der Waals surface area contributed by atoms with Crippen molar-refractivity contribution in [2.45, 2.75) is 38.2 Å². The molecule has 0 heterocycles. The van der Waals surface area contributed by atoms with Gasteiger partial charge in [-0.25, -0.2) is 0 Å². The zero-order valence-corrected chi connectivity index (χ0v) is 7.95. The highest BCUT2D eigenvalue weighted by molar-refractivity contribution is 5.76. The average molecular weight is 184 g/mol. The zero-order chi connectivity index (χ0) is 9.47. The van der Waals surface area contributed by atoms with Gasteiger partial charge in [-0.1, -0.05) is 6.42 Å². The lowest BCUT2D eigenvalue weighted by atomic mass is 9.83. The SMILES string of the molecule is COC(=O)C1CC12CCCC(O)C2. The van der Waals surface area contributed by atoms with Crippen LogP contribution in [0.1, 0.15) is 32.1 Å². The summed E-state index contributed by atoms with van der Waals surface area (Å²) in [5.41, 5.74) is 0.116. The number of methoxy groups -OCH3 is 1. The number of esters is 1. The summed E-state index contributed by atoms with van der Waals surface area (Å²) in [6, 6.07) is 0. The van der Waals surface area contributed by atoms with Crippen molar-refractivity contribution >= 4 is 5.97 Å². The van der Waals surface area contributed by atoms with Crippen LogP contribution in [0.2, 0.25) is 0 Å². The van der Waals surface area contributed by atoms with Gasteiger partial charge in [0.1, 0.15) is 0 Å². The Kier molecular flexibility index (Phi) is 2.06. The van der Waals surface area contributed by atoms with Crippen LogP contribution in [0.25, 0.3) is 0 Å². The molecular formula is C10H16O3. The molecule has 0 amide bonds. The molecule has 1 spiro atoms. The van der Waals surface area contributed by atoms with E-state index in [1.807, 2.05) is 0 Å². The van der Waals surface area contributed by atoms with Crippen LogP contribution in [-0.2, 0) is 9.53 Å². The number of aliphatic hydroxyl groups is 1. The second kappa shape index (κ2) is 2.98. The minimum absolute atomic E-state index is 0.0763. The summed E-state index contributed by atoms with van der Waals surface area (Å²) in [6.45, 7) is 0. The smallest absolute Gasteiger partial charge is 0.309 e. The summed E-state index contributed by atoms with van der Waals surface area (Å²) in [6.07, 6.45) is 4.57. The number of hydrogen-bond donors (Lipinski definition) is 1. The summed E-state index contributed by atoms with van der Waals surface area (Å²) in [5, 5.41) is 9.50. The molecular weight excluding hydrogens is 168 g/mol. The molecule has 3 atom stereocenters. The van der Waals surface area contributed by atoms with E-state index in [9.17, 15) is 9.90 Å². The minimum Gasteiger partial charge on any atom is -0.469 e. The highest BCUT2D eigenvalue weighted by atomic mass is 16.5. The quantitative estimate of drug-likeness (QED) is 0.621. The standard InChI is InChI=1S/C10H16O3/c1-13-9(12)8-6-10(8)4-2-3-7(11)5-10/h7-8,11H,2-6H2,1H3. The van der Waals surface area contributed by atoms with Crippen LogP contribution < -0.4 is 0 Å². The molecule has 2 rings (SSSR count). The Morgan fingerprint density at radius 3 is 2.92 bits per heavy atom. The van der Waals surface area contributed by atoms with E-state index in [0.717, 1.165) is 32.1 Å². The van der Waals surface area contributed by atoms with Gasteiger partial charge in [-0.05, 0) is 31.1 Å². The van der Waals surface area contributed by atoms with Crippen molar-refractivity contribution in [2.75, 3.05) is 7.11 Å². The highest BCUT2D eigenvalue weighted by Gasteiger charge is 2.59. The third kappa shape index (κ3) is 1.46. The van der Waals surface area contributed by atoms with Gasteiger partial charge < -0.3 is 9.84 Å². The van der Waals surface area contributed by atoms with E-state index in [-0.39, 0.29) is 23.4 Å². The van der Waals surface area contributed by atoms with Crippen LogP contribution >= 0.6 is 0 Å². The maximum absolute atomic E-state index is 11.3. The number of aliphatic hydroxyl groups excluding tert-OH is 1. The van der Waals surface area contributed by atoms with Gasteiger partial charge in [0, 0.05) is 0 Å². The Balaban J connectivity index is 1.97. The van der Waals surface area contributed by atoms with E-state index in [2.05, 4.69) is 0 Å². The molecule has 1 N–H and O–H groups in total. The van der Waals surface area contributed by atoms with E-state index in [1.165, 1.54) is 7.11 Å². The lowest BCUT2D eigenvalue weighted by molar-refractivity contribution is -0.143. The number of carbonyl (C=O) groups excluding carboxylic acids is 1. The predicted octanol–water partition coefficient (Wildman–Crippen LogP) is 1.10. The van der Waals surface area contributed by atoms with Gasteiger partial charge in [0.2, 0.25) is 0 Å². The number of rotatable bonds is 1. The van der Waals surface area contributed by atoms with E-state index in [1.54, 1.807) is 0 Å². The Hall–Kier alpha value is -0.570. The fourth-order valence-corrected chi connectivity index (χ4v) is 2.69. The van der Waals surface area contributed by atoms with Crippen molar-refractivity contribution in [1.29, 1.82) is 0 Å². The van der Waals surface area contributed by atoms with Crippen LogP contribution in [0.3, 0.4) is 0 Å². The van der Waals surface area contributed by atoms with Crippen molar-refractivity contribution in [3.63, 3.8) is 0 Å². The number of hydrogen-bond acceptors (Lipinski definition) is 3. The highest BCUT2D eigenvalue weighted by Crippen LogP contribution is 2.61. The predicted molar refractivity (Wildman–Crippen MR) is 47.0 cm³/mol. The first-order valence-corrected chi connectivity index (χ1v) is 4.94. The van der Waals surface area contributed by atoms with Gasteiger partial charge in [0.15, 0.2) is 0 Å². The van der Waals surface area contributed by atoms with Gasteiger partial charge in [0.05, 0.1) is 19.1 Å². The topological polar surface area (TPSA) is 46.5 Å². The first-order valence-electron chi connectivity index (χ1n) is 4.94. The molecule has 2 aliphatic rings. The average Bonchev–Trinajstić information content (AvgIpc) is 2.78. The van der Waals surface area contributed by atoms with E-state index in [4.69, 9.17) is 4.74 Å². The Bertz CT molecular complexity index is 226. The fraction of sp³-hybridized carbons (Fsp3) is 0.900. The summed E-state index contributed by atoms with van der Waals surface area (Å²) in [4.78, 5) is 11.3. The van der Waals surface area contributed by atoms with Crippen molar-refractivity contribution in [1.82, 2.24) is 0 Å². The fourth-order valence-electron chi connectivity index (χ4n) is 2.69. The third-order valence-electron chi connectivity index (χ3n) is 3.53. The maximum atomic E-state index is 11.3. The molecule has 0 aromatic rings. The molecule has 2 saturated carbocycles. The minimum atomic E-state index is -0.191. The van der Waals surface area contributed by atoms with Crippen molar-refractivity contribution in [3.05, 3.63) is 0 Å². The molecule has 3 nitrogen and oxygen atoms in total. The molecule has 0 saturated heterocycles. The Labute approximate surface area is 78.1 Å². The molecule has 13 heavy (non-hydrogen) atoms. The van der Waals surface area contributed by atoms with Gasteiger partial charge in [0.25, 0.3) is 0 Å². The molecule has 0 aromatic heterocycles.